The van der Waals surface area contributed by atoms with Crippen LogP contribution in [0.15, 0.2) is 54.2 Å². The van der Waals surface area contributed by atoms with Crippen molar-refractivity contribution >= 4 is 10.0 Å². The number of halogens is 1. The second kappa shape index (κ2) is 6.12. The van der Waals surface area contributed by atoms with E-state index < -0.39 is 21.9 Å². The highest BCUT2D eigenvalue weighted by Crippen LogP contribution is 2.20. The van der Waals surface area contributed by atoms with Crippen LogP contribution in [0.25, 0.3) is 0 Å². The summed E-state index contributed by atoms with van der Waals surface area (Å²) in [5.74, 6) is -0.704. The van der Waals surface area contributed by atoms with Crippen molar-refractivity contribution in [3.63, 3.8) is 0 Å². The van der Waals surface area contributed by atoms with Gasteiger partial charge in [0.05, 0.1) is 11.4 Å². The highest BCUT2D eigenvalue weighted by molar-refractivity contribution is 7.89. The van der Waals surface area contributed by atoms with Crippen LogP contribution in [-0.4, -0.2) is 25.3 Å². The maximum absolute atomic E-state index is 13.0. The first-order valence-corrected chi connectivity index (χ1v) is 7.27. The molecule has 19 heavy (non-hydrogen) atoms. The first-order chi connectivity index (χ1) is 8.78. The van der Waals surface area contributed by atoms with Crippen molar-refractivity contribution in [2.45, 2.75) is 24.8 Å². The van der Waals surface area contributed by atoms with E-state index in [1.54, 1.807) is 19.1 Å². The molecule has 0 aliphatic carbocycles. The minimum Gasteiger partial charge on any atom is -0.211 e. The van der Waals surface area contributed by atoms with Crippen LogP contribution in [0.4, 0.5) is 4.39 Å². The van der Waals surface area contributed by atoms with E-state index in [4.69, 9.17) is 0 Å². The minimum atomic E-state index is -3.76. The molecule has 1 atom stereocenters. The molecule has 3 nitrogen and oxygen atoms in total. The number of aryl methyl sites for hydroxylation is 1. The lowest BCUT2D eigenvalue weighted by Crippen LogP contribution is -2.38. The molecule has 0 aliphatic heterocycles. The second-order valence-corrected chi connectivity index (χ2v) is 6.25. The summed E-state index contributed by atoms with van der Waals surface area (Å²) in [6.07, 6.45) is 1.45. The van der Waals surface area contributed by atoms with Gasteiger partial charge in [-0.1, -0.05) is 30.4 Å². The highest BCUT2D eigenvalue weighted by Gasteiger charge is 2.28. The van der Waals surface area contributed by atoms with E-state index in [0.717, 1.165) is 9.87 Å². The maximum Gasteiger partial charge on any atom is 0.243 e. The molecule has 0 saturated carbocycles. The van der Waals surface area contributed by atoms with Gasteiger partial charge in [0.15, 0.2) is 0 Å². The number of hydrogen-bond donors (Lipinski definition) is 0. The molecule has 1 aromatic carbocycles. The predicted molar refractivity (Wildman–Crippen MR) is 75.0 cm³/mol. The van der Waals surface area contributed by atoms with Crippen LogP contribution in [0, 0.1) is 6.92 Å². The molecule has 0 bridgehead atoms. The first-order valence-electron chi connectivity index (χ1n) is 5.83. The molecule has 0 radical (unpaired) electrons. The fraction of sp³-hybridized carbons (Fsp3) is 0.286. The molecule has 1 aromatic rings. The van der Waals surface area contributed by atoms with Crippen molar-refractivity contribution in [2.24, 2.45) is 0 Å². The smallest absolute Gasteiger partial charge is 0.211 e. The molecule has 0 aromatic heterocycles. The molecular weight excluding hydrogens is 265 g/mol. The molecule has 5 heteroatoms. The molecule has 0 spiro atoms. The van der Waals surface area contributed by atoms with Gasteiger partial charge in [-0.15, -0.1) is 6.58 Å². The summed E-state index contributed by atoms with van der Waals surface area (Å²) in [5, 5.41) is 0. The van der Waals surface area contributed by atoms with Crippen LogP contribution in [0.5, 0.6) is 0 Å². The van der Waals surface area contributed by atoms with Crippen LogP contribution in [0.1, 0.15) is 12.5 Å². The van der Waals surface area contributed by atoms with E-state index in [1.165, 1.54) is 18.2 Å². The molecule has 0 N–H and O–H groups in total. The minimum absolute atomic E-state index is 0.132. The summed E-state index contributed by atoms with van der Waals surface area (Å²) in [6.45, 7) is 9.81. The summed E-state index contributed by atoms with van der Waals surface area (Å²) in [7, 11) is -3.76. The van der Waals surface area contributed by atoms with Gasteiger partial charge in [-0.25, -0.2) is 12.8 Å². The van der Waals surface area contributed by atoms with Crippen molar-refractivity contribution in [1.29, 1.82) is 0 Å². The Bertz CT molecular complexity index is 564. The predicted octanol–water partition coefficient (Wildman–Crippen LogP) is 3.04. The number of hydrogen-bond acceptors (Lipinski definition) is 2. The monoisotopic (exact) mass is 283 g/mol. The summed E-state index contributed by atoms with van der Waals surface area (Å²) in [5.41, 5.74) is 0.956. The molecule has 0 saturated heterocycles. The zero-order valence-corrected chi connectivity index (χ0v) is 12.0. The quantitative estimate of drug-likeness (QED) is 0.753. The Morgan fingerprint density at radius 3 is 2.37 bits per heavy atom. The van der Waals surface area contributed by atoms with E-state index in [-0.39, 0.29) is 11.4 Å². The molecule has 104 valence electrons. The van der Waals surface area contributed by atoms with Crippen molar-refractivity contribution < 1.29 is 12.8 Å². The van der Waals surface area contributed by atoms with Crippen molar-refractivity contribution in [1.82, 2.24) is 4.31 Å². The van der Waals surface area contributed by atoms with Crippen LogP contribution >= 0.6 is 0 Å². The molecule has 1 unspecified atom stereocenters. The molecular formula is C14H18FNO2S. The summed E-state index contributed by atoms with van der Waals surface area (Å²) >= 11 is 0. The van der Waals surface area contributed by atoms with Crippen molar-refractivity contribution in [3.05, 3.63) is 54.9 Å². The third-order valence-corrected chi connectivity index (χ3v) is 4.70. The number of nitrogens with zero attached hydrogens (tertiary/aromatic N) is 1. The van der Waals surface area contributed by atoms with Gasteiger partial charge < -0.3 is 0 Å². The first kappa shape index (κ1) is 15.6. The van der Waals surface area contributed by atoms with E-state index in [2.05, 4.69) is 13.2 Å². The van der Waals surface area contributed by atoms with Gasteiger partial charge in [-0.3, -0.25) is 0 Å². The molecule has 1 rings (SSSR count). The summed E-state index contributed by atoms with van der Waals surface area (Å²) < 4.78 is 39.0. The van der Waals surface area contributed by atoms with Crippen LogP contribution in [0.2, 0.25) is 0 Å². The lowest BCUT2D eigenvalue weighted by molar-refractivity contribution is 0.375. The second-order valence-electron chi connectivity index (χ2n) is 4.36. The SMILES string of the molecule is C=CC(C)N(CC(=C)F)S(=O)(=O)c1ccc(C)cc1. The molecule has 0 heterocycles. The highest BCUT2D eigenvalue weighted by atomic mass is 32.2. The molecule has 0 aliphatic rings. The normalized spacial score (nSPS) is 13.3. The van der Waals surface area contributed by atoms with Gasteiger partial charge in [-0.05, 0) is 26.0 Å². The molecule has 0 fully saturated rings. The Morgan fingerprint density at radius 2 is 1.95 bits per heavy atom. The Kier molecular flexibility index (Phi) is 5.03. The zero-order valence-electron chi connectivity index (χ0n) is 11.1. The Balaban J connectivity index is 3.22. The van der Waals surface area contributed by atoms with Gasteiger partial charge in [0.1, 0.15) is 5.83 Å². The van der Waals surface area contributed by atoms with Crippen molar-refractivity contribution in [3.8, 4) is 0 Å². The van der Waals surface area contributed by atoms with E-state index in [1.807, 2.05) is 6.92 Å². The average molecular weight is 283 g/mol. The number of sulfonamides is 1. The van der Waals surface area contributed by atoms with Gasteiger partial charge in [0, 0.05) is 6.04 Å². The van der Waals surface area contributed by atoms with Crippen LogP contribution in [0.3, 0.4) is 0 Å². The van der Waals surface area contributed by atoms with Crippen LogP contribution in [-0.2, 0) is 10.0 Å². The standard InChI is InChI=1S/C14H18FNO2S/c1-5-13(4)16(10-12(3)15)19(17,18)14-8-6-11(2)7-9-14/h5-9,13H,1,3,10H2,2,4H3. The van der Waals surface area contributed by atoms with Crippen LogP contribution < -0.4 is 0 Å². The zero-order chi connectivity index (χ0) is 14.6. The Hall–Kier alpha value is -1.46. The lowest BCUT2D eigenvalue weighted by atomic mass is 10.2. The van der Waals surface area contributed by atoms with Gasteiger partial charge in [0.25, 0.3) is 0 Å². The summed E-state index contributed by atoms with van der Waals surface area (Å²) in [6, 6.07) is 5.91. The van der Waals surface area contributed by atoms with E-state index >= 15 is 0 Å². The van der Waals surface area contributed by atoms with Crippen molar-refractivity contribution in [2.75, 3.05) is 6.54 Å². The molecule has 0 amide bonds. The fourth-order valence-electron chi connectivity index (χ4n) is 1.58. The van der Waals surface area contributed by atoms with Gasteiger partial charge in [0.2, 0.25) is 10.0 Å². The maximum atomic E-state index is 13.0. The summed E-state index contributed by atoms with van der Waals surface area (Å²) in [4.78, 5) is 0.132. The third kappa shape index (κ3) is 3.75. The third-order valence-electron chi connectivity index (χ3n) is 2.75. The van der Waals surface area contributed by atoms with E-state index in [9.17, 15) is 12.8 Å². The lowest BCUT2D eigenvalue weighted by Gasteiger charge is -2.25. The topological polar surface area (TPSA) is 37.4 Å². The number of benzene rings is 1. The number of rotatable bonds is 6. The average Bonchev–Trinajstić information content (AvgIpc) is 2.35. The Labute approximate surface area is 114 Å². The fourth-order valence-corrected chi connectivity index (χ4v) is 3.16. The Morgan fingerprint density at radius 1 is 1.42 bits per heavy atom. The van der Waals surface area contributed by atoms with Gasteiger partial charge in [-0.2, -0.15) is 4.31 Å². The largest absolute Gasteiger partial charge is 0.243 e. The van der Waals surface area contributed by atoms with Gasteiger partial charge >= 0.3 is 0 Å². The van der Waals surface area contributed by atoms with E-state index in [0.29, 0.717) is 0 Å².